The molecule has 0 radical (unpaired) electrons. The van der Waals surface area contributed by atoms with Crippen molar-refractivity contribution in [2.75, 3.05) is 0 Å². The first-order chi connectivity index (χ1) is 12.9. The van der Waals surface area contributed by atoms with Crippen LogP contribution >= 0.6 is 23.1 Å². The van der Waals surface area contributed by atoms with Gasteiger partial charge in [0.15, 0.2) is 11.0 Å². The van der Waals surface area contributed by atoms with Crippen molar-refractivity contribution in [1.29, 1.82) is 0 Å². The predicted octanol–water partition coefficient (Wildman–Crippen LogP) is 4.87. The lowest BCUT2D eigenvalue weighted by Gasteiger charge is -2.08. The van der Waals surface area contributed by atoms with Crippen molar-refractivity contribution in [3.8, 4) is 11.1 Å². The summed E-state index contributed by atoms with van der Waals surface area (Å²) in [6.45, 7) is 5.99. The summed E-state index contributed by atoms with van der Waals surface area (Å²) in [4.78, 5) is 22.9. The molecular weight excluding hydrogens is 378 g/mol. The lowest BCUT2D eigenvalue weighted by molar-refractivity contribution is 0.521. The number of hydrogen-bond acceptors (Lipinski definition) is 6. The average molecular weight is 398 g/mol. The van der Waals surface area contributed by atoms with E-state index in [4.69, 9.17) is 9.40 Å². The van der Waals surface area contributed by atoms with Crippen molar-refractivity contribution in [2.24, 2.45) is 7.05 Å². The molecule has 0 saturated heterocycles. The second kappa shape index (κ2) is 6.98. The summed E-state index contributed by atoms with van der Waals surface area (Å²) in [5.41, 5.74) is 5.29. The van der Waals surface area contributed by atoms with Crippen LogP contribution in [0.4, 0.5) is 0 Å². The predicted molar refractivity (Wildman–Crippen MR) is 111 cm³/mol. The molecule has 4 rings (SSSR count). The van der Waals surface area contributed by atoms with E-state index < -0.39 is 0 Å². The van der Waals surface area contributed by atoms with Crippen molar-refractivity contribution in [3.05, 3.63) is 62.9 Å². The molecule has 27 heavy (non-hydrogen) atoms. The minimum Gasteiger partial charge on any atom is -0.449 e. The van der Waals surface area contributed by atoms with E-state index in [-0.39, 0.29) is 5.56 Å². The fraction of sp³-hybridized carbons (Fsp3) is 0.250. The van der Waals surface area contributed by atoms with Gasteiger partial charge in [-0.2, -0.15) is 0 Å². The van der Waals surface area contributed by atoms with Gasteiger partial charge in [0.05, 0.1) is 11.1 Å². The smallest absolute Gasteiger partial charge is 0.263 e. The molecule has 0 fully saturated rings. The van der Waals surface area contributed by atoms with E-state index in [0.717, 1.165) is 21.7 Å². The number of aromatic nitrogens is 3. The number of rotatable bonds is 4. The van der Waals surface area contributed by atoms with Gasteiger partial charge >= 0.3 is 0 Å². The summed E-state index contributed by atoms with van der Waals surface area (Å²) in [7, 11) is 1.77. The highest BCUT2D eigenvalue weighted by Gasteiger charge is 2.16. The monoisotopic (exact) mass is 397 g/mol. The number of thiophene rings is 1. The van der Waals surface area contributed by atoms with Crippen molar-refractivity contribution >= 4 is 33.3 Å². The Kier molecular flexibility index (Phi) is 4.65. The second-order valence-corrected chi connectivity index (χ2v) is 8.33. The molecule has 0 atom stereocenters. The van der Waals surface area contributed by atoms with Crippen LogP contribution in [-0.4, -0.2) is 14.5 Å². The van der Waals surface area contributed by atoms with Crippen LogP contribution in [0.1, 0.15) is 22.7 Å². The Balaban J connectivity index is 1.74. The SMILES string of the molecule is Cc1nc(CSc2nc3scc(-c4ccc(C)c(C)c4)c3c(=O)n2C)co1. The summed E-state index contributed by atoms with van der Waals surface area (Å²) < 4.78 is 6.86. The largest absolute Gasteiger partial charge is 0.449 e. The quantitative estimate of drug-likeness (QED) is 0.363. The zero-order chi connectivity index (χ0) is 19.1. The third-order valence-corrected chi connectivity index (χ3v) is 6.54. The minimum atomic E-state index is -0.0201. The Morgan fingerprint density at radius 2 is 2.00 bits per heavy atom. The van der Waals surface area contributed by atoms with Crippen LogP contribution in [0.5, 0.6) is 0 Å². The van der Waals surface area contributed by atoms with Crippen LogP contribution in [-0.2, 0) is 12.8 Å². The molecule has 0 unspecified atom stereocenters. The highest BCUT2D eigenvalue weighted by molar-refractivity contribution is 7.98. The maximum absolute atomic E-state index is 13.1. The normalized spacial score (nSPS) is 11.4. The number of fused-ring (bicyclic) bond motifs is 1. The molecular formula is C20H19N3O2S2. The summed E-state index contributed by atoms with van der Waals surface area (Å²) in [5.74, 6) is 1.25. The Hall–Kier alpha value is -2.38. The Morgan fingerprint density at radius 3 is 2.70 bits per heavy atom. The first kappa shape index (κ1) is 18.0. The zero-order valence-electron chi connectivity index (χ0n) is 15.6. The molecule has 0 spiro atoms. The highest BCUT2D eigenvalue weighted by atomic mass is 32.2. The van der Waals surface area contributed by atoms with Crippen LogP contribution in [0.25, 0.3) is 21.3 Å². The van der Waals surface area contributed by atoms with Crippen LogP contribution < -0.4 is 5.56 Å². The zero-order valence-corrected chi connectivity index (χ0v) is 17.2. The van der Waals surface area contributed by atoms with Crippen molar-refractivity contribution in [3.63, 3.8) is 0 Å². The van der Waals surface area contributed by atoms with E-state index in [1.807, 2.05) is 12.3 Å². The van der Waals surface area contributed by atoms with Gasteiger partial charge in [0, 0.05) is 30.7 Å². The molecule has 1 aromatic carbocycles. The van der Waals surface area contributed by atoms with E-state index in [1.165, 1.54) is 34.2 Å². The van der Waals surface area contributed by atoms with Gasteiger partial charge in [-0.25, -0.2) is 9.97 Å². The van der Waals surface area contributed by atoms with E-state index >= 15 is 0 Å². The first-order valence-electron chi connectivity index (χ1n) is 8.53. The van der Waals surface area contributed by atoms with Crippen LogP contribution in [0.15, 0.2) is 44.2 Å². The summed E-state index contributed by atoms with van der Waals surface area (Å²) in [6, 6.07) is 6.29. The van der Waals surface area contributed by atoms with E-state index in [0.29, 0.717) is 22.2 Å². The van der Waals surface area contributed by atoms with Gasteiger partial charge in [-0.15, -0.1) is 11.3 Å². The first-order valence-corrected chi connectivity index (χ1v) is 10.4. The lowest BCUT2D eigenvalue weighted by atomic mass is 10.0. The second-order valence-electron chi connectivity index (χ2n) is 6.53. The third kappa shape index (κ3) is 3.33. The van der Waals surface area contributed by atoms with Crippen molar-refractivity contribution < 1.29 is 4.42 Å². The van der Waals surface area contributed by atoms with Gasteiger partial charge in [-0.05, 0) is 30.5 Å². The van der Waals surface area contributed by atoms with Crippen LogP contribution in [0, 0.1) is 20.8 Å². The maximum atomic E-state index is 13.1. The van der Waals surface area contributed by atoms with Gasteiger partial charge in [0.2, 0.25) is 0 Å². The molecule has 5 nitrogen and oxygen atoms in total. The number of aryl methyl sites for hydroxylation is 3. The lowest BCUT2D eigenvalue weighted by Crippen LogP contribution is -2.19. The highest BCUT2D eigenvalue weighted by Crippen LogP contribution is 2.33. The number of thioether (sulfide) groups is 1. The van der Waals surface area contributed by atoms with E-state index in [1.54, 1.807) is 17.9 Å². The molecule has 3 aromatic heterocycles. The summed E-state index contributed by atoms with van der Waals surface area (Å²) in [6.07, 6.45) is 1.64. The molecule has 0 aliphatic carbocycles. The fourth-order valence-electron chi connectivity index (χ4n) is 2.92. The molecule has 3 heterocycles. The molecule has 0 aliphatic heterocycles. The van der Waals surface area contributed by atoms with Crippen molar-refractivity contribution in [2.45, 2.75) is 31.7 Å². The van der Waals surface area contributed by atoms with E-state index in [2.05, 4.69) is 37.0 Å². The van der Waals surface area contributed by atoms with Gasteiger partial charge < -0.3 is 4.42 Å². The average Bonchev–Trinajstić information content (AvgIpc) is 3.25. The summed E-state index contributed by atoms with van der Waals surface area (Å²) >= 11 is 3.00. The Morgan fingerprint density at radius 1 is 1.19 bits per heavy atom. The molecule has 0 N–H and O–H groups in total. The van der Waals surface area contributed by atoms with Crippen molar-refractivity contribution in [1.82, 2.24) is 14.5 Å². The Bertz CT molecular complexity index is 1200. The molecule has 4 aromatic rings. The standard InChI is InChI=1S/C20H19N3O2S2/c1-11-5-6-14(7-12(11)2)16-10-26-18-17(16)19(24)23(4)20(22-18)27-9-15-8-25-13(3)21-15/h5-8,10H,9H2,1-4H3. The summed E-state index contributed by atoms with van der Waals surface area (Å²) in [5, 5.41) is 3.40. The third-order valence-electron chi connectivity index (χ3n) is 4.61. The minimum absolute atomic E-state index is 0.0201. The molecule has 7 heteroatoms. The van der Waals surface area contributed by atoms with Gasteiger partial charge in [0.25, 0.3) is 5.56 Å². The molecule has 0 aliphatic rings. The number of benzene rings is 1. The fourth-order valence-corrected chi connectivity index (χ4v) is 4.75. The van der Waals surface area contributed by atoms with Crippen LogP contribution in [0.3, 0.4) is 0 Å². The molecule has 138 valence electrons. The molecule has 0 amide bonds. The van der Waals surface area contributed by atoms with Gasteiger partial charge in [0.1, 0.15) is 11.1 Å². The number of oxazole rings is 1. The molecule has 0 bridgehead atoms. The topological polar surface area (TPSA) is 60.9 Å². The maximum Gasteiger partial charge on any atom is 0.263 e. The van der Waals surface area contributed by atoms with Crippen LogP contribution in [0.2, 0.25) is 0 Å². The van der Waals surface area contributed by atoms with Gasteiger partial charge in [-0.3, -0.25) is 9.36 Å². The van der Waals surface area contributed by atoms with E-state index in [9.17, 15) is 4.79 Å². The Labute approximate surface area is 165 Å². The number of nitrogens with zero attached hydrogens (tertiary/aromatic N) is 3. The van der Waals surface area contributed by atoms with Gasteiger partial charge in [-0.1, -0.05) is 30.0 Å². The number of hydrogen-bond donors (Lipinski definition) is 0. The molecule has 0 saturated carbocycles.